The highest BCUT2D eigenvalue weighted by molar-refractivity contribution is 14.0. The summed E-state index contributed by atoms with van der Waals surface area (Å²) in [5.41, 5.74) is 2.27. The number of hydrogen-bond donors (Lipinski definition) is 1. The van der Waals surface area contributed by atoms with Crippen LogP contribution in [0.5, 0.6) is 0 Å². The molecule has 0 spiro atoms. The summed E-state index contributed by atoms with van der Waals surface area (Å²) < 4.78 is 4.00. The number of guanidine groups is 1. The fourth-order valence-electron chi connectivity index (χ4n) is 2.87. The molecule has 0 fully saturated rings. The van der Waals surface area contributed by atoms with Crippen LogP contribution in [0.3, 0.4) is 0 Å². The molecule has 2 heterocycles. The highest BCUT2D eigenvalue weighted by Gasteiger charge is 2.12. The zero-order valence-corrected chi connectivity index (χ0v) is 20.2. The zero-order chi connectivity index (χ0) is 20.1. The predicted octanol–water partition coefficient (Wildman–Crippen LogP) is 3.51. The van der Waals surface area contributed by atoms with Crippen LogP contribution in [-0.2, 0) is 33.7 Å². The van der Waals surface area contributed by atoms with Gasteiger partial charge < -0.3 is 19.4 Å². The molecule has 2 aromatic heterocycles. The Balaban J connectivity index is 0.00000300. The largest absolute Gasteiger partial charge is 0.351 e. The minimum Gasteiger partial charge on any atom is -0.351 e. The van der Waals surface area contributed by atoms with Crippen molar-refractivity contribution >= 4 is 41.5 Å². The van der Waals surface area contributed by atoms with E-state index >= 15 is 0 Å². The Labute approximate surface area is 193 Å². The highest BCUT2D eigenvalue weighted by Crippen LogP contribution is 2.14. The number of nitrogens with zero attached hydrogens (tertiary/aromatic N) is 6. The molecule has 0 aliphatic heterocycles. The number of halogens is 2. The van der Waals surface area contributed by atoms with Crippen LogP contribution in [0.25, 0.3) is 0 Å². The van der Waals surface area contributed by atoms with Crippen molar-refractivity contribution < 1.29 is 0 Å². The average Bonchev–Trinajstić information content (AvgIpc) is 3.17. The minimum atomic E-state index is 0. The van der Waals surface area contributed by atoms with Gasteiger partial charge in [-0.15, -0.1) is 34.2 Å². The van der Waals surface area contributed by atoms with E-state index in [-0.39, 0.29) is 24.0 Å². The number of aromatic nitrogens is 4. The van der Waals surface area contributed by atoms with Crippen LogP contribution in [-0.4, -0.2) is 37.2 Å². The molecule has 0 atom stereocenters. The minimum absolute atomic E-state index is 0. The lowest BCUT2D eigenvalue weighted by atomic mass is 10.2. The topological polar surface area (TPSA) is 63.3 Å². The summed E-state index contributed by atoms with van der Waals surface area (Å²) in [7, 11) is 5.97. The molecule has 0 bridgehead atoms. The number of rotatable bonds is 6. The van der Waals surface area contributed by atoms with E-state index in [2.05, 4.69) is 32.5 Å². The summed E-state index contributed by atoms with van der Waals surface area (Å²) in [6, 6.07) is 12.2. The van der Waals surface area contributed by atoms with E-state index in [1.807, 2.05) is 67.7 Å². The van der Waals surface area contributed by atoms with E-state index < -0.39 is 0 Å². The maximum absolute atomic E-state index is 6.13. The predicted molar refractivity (Wildman–Crippen MR) is 127 cm³/mol. The fraction of sp³-hybridized carbons (Fsp3) is 0.350. The zero-order valence-electron chi connectivity index (χ0n) is 17.1. The summed E-state index contributed by atoms with van der Waals surface area (Å²) in [6.07, 6.45) is 1.90. The summed E-state index contributed by atoms with van der Waals surface area (Å²) in [5, 5.41) is 12.5. The Morgan fingerprint density at radius 2 is 1.93 bits per heavy atom. The number of aryl methyl sites for hydroxylation is 2. The van der Waals surface area contributed by atoms with Crippen LogP contribution >= 0.6 is 35.6 Å². The first-order valence-corrected chi connectivity index (χ1v) is 9.51. The van der Waals surface area contributed by atoms with E-state index in [4.69, 9.17) is 16.6 Å². The maximum atomic E-state index is 6.13. The van der Waals surface area contributed by atoms with Crippen molar-refractivity contribution in [3.63, 3.8) is 0 Å². The summed E-state index contributed by atoms with van der Waals surface area (Å²) >= 11 is 6.13. The quantitative estimate of drug-likeness (QED) is 0.303. The fourth-order valence-corrected chi connectivity index (χ4v) is 3.14. The van der Waals surface area contributed by atoms with Crippen LogP contribution in [0.15, 0.2) is 47.6 Å². The normalized spacial score (nSPS) is 11.3. The highest BCUT2D eigenvalue weighted by atomic mass is 127. The van der Waals surface area contributed by atoms with E-state index in [1.54, 1.807) is 0 Å². The molecule has 0 aliphatic carbocycles. The van der Waals surface area contributed by atoms with Crippen molar-refractivity contribution in [3.05, 3.63) is 70.5 Å². The number of benzene rings is 1. The van der Waals surface area contributed by atoms with Gasteiger partial charge in [-0.25, -0.2) is 4.99 Å². The van der Waals surface area contributed by atoms with Gasteiger partial charge in [-0.3, -0.25) is 0 Å². The van der Waals surface area contributed by atoms with Crippen LogP contribution in [0.1, 0.15) is 22.9 Å². The molecule has 1 N–H and O–H groups in total. The summed E-state index contributed by atoms with van der Waals surface area (Å²) in [4.78, 5) is 6.89. The first-order valence-electron chi connectivity index (χ1n) is 9.13. The lowest BCUT2D eigenvalue weighted by molar-refractivity contribution is 0.458. The Hall–Kier alpha value is -2.07. The molecule has 1 aromatic carbocycles. The molecule has 0 radical (unpaired) electrons. The first kappa shape index (κ1) is 23.2. The van der Waals surface area contributed by atoms with Crippen molar-refractivity contribution in [1.29, 1.82) is 0 Å². The van der Waals surface area contributed by atoms with E-state index in [9.17, 15) is 0 Å². The summed E-state index contributed by atoms with van der Waals surface area (Å²) in [6.45, 7) is 3.76. The van der Waals surface area contributed by atoms with Crippen LogP contribution in [0.4, 0.5) is 0 Å². The first-order chi connectivity index (χ1) is 13.4. The second kappa shape index (κ2) is 10.6. The van der Waals surface area contributed by atoms with Crippen molar-refractivity contribution in [2.75, 3.05) is 7.05 Å². The SMILES string of the molecule is Cc1nnc(CNC(=NCc2ccccc2)N(C)Cc2cc(Cl)cn2C)n1C.I. The molecule has 3 rings (SSSR count). The third-order valence-corrected chi connectivity index (χ3v) is 4.88. The molecule has 0 aliphatic rings. The van der Waals surface area contributed by atoms with Crippen molar-refractivity contribution in [1.82, 2.24) is 29.5 Å². The molecule has 0 saturated carbocycles. The van der Waals surface area contributed by atoms with Gasteiger partial charge in [0, 0.05) is 33.0 Å². The molecular formula is C20H27ClIN7. The monoisotopic (exact) mass is 527 g/mol. The standard InChI is InChI=1S/C20H26ClN7.HI/c1-15-24-25-19(28(15)4)12-23-20(22-11-16-8-6-5-7-9-16)27(3)14-18-10-17(21)13-26(18)2;/h5-10,13H,11-12,14H2,1-4H3,(H,22,23);1H. The van der Waals surface area contributed by atoms with Gasteiger partial charge in [0.15, 0.2) is 11.8 Å². The Bertz CT molecular complexity index is 949. The molecule has 29 heavy (non-hydrogen) atoms. The van der Waals surface area contributed by atoms with Crippen LogP contribution in [0, 0.1) is 6.92 Å². The lowest BCUT2D eigenvalue weighted by Crippen LogP contribution is -2.39. The van der Waals surface area contributed by atoms with E-state index in [1.165, 1.54) is 0 Å². The third kappa shape index (κ3) is 6.20. The molecule has 0 unspecified atom stereocenters. The Morgan fingerprint density at radius 3 is 2.52 bits per heavy atom. The smallest absolute Gasteiger partial charge is 0.194 e. The summed E-state index contributed by atoms with van der Waals surface area (Å²) in [5.74, 6) is 2.54. The second-order valence-corrected chi connectivity index (χ2v) is 7.25. The third-order valence-electron chi connectivity index (χ3n) is 4.68. The molecule has 7 nitrogen and oxygen atoms in total. The van der Waals surface area contributed by atoms with Crippen LogP contribution in [0.2, 0.25) is 5.02 Å². The maximum Gasteiger partial charge on any atom is 0.194 e. The van der Waals surface area contributed by atoms with Crippen LogP contribution < -0.4 is 5.32 Å². The van der Waals surface area contributed by atoms with E-state index in [0.717, 1.165) is 33.9 Å². The second-order valence-electron chi connectivity index (χ2n) is 6.82. The molecule has 156 valence electrons. The average molecular weight is 528 g/mol. The van der Waals surface area contributed by atoms with Crippen molar-refractivity contribution in [2.45, 2.75) is 26.6 Å². The molecule has 0 saturated heterocycles. The Kier molecular flexibility index (Phi) is 8.51. The van der Waals surface area contributed by atoms with Gasteiger partial charge in [0.25, 0.3) is 0 Å². The van der Waals surface area contributed by atoms with Gasteiger partial charge in [-0.05, 0) is 18.6 Å². The molecule has 0 amide bonds. The number of nitrogens with one attached hydrogen (secondary N) is 1. The van der Waals surface area contributed by atoms with Gasteiger partial charge in [0.1, 0.15) is 5.82 Å². The lowest BCUT2D eigenvalue weighted by Gasteiger charge is -2.23. The van der Waals surface area contributed by atoms with Gasteiger partial charge in [0.05, 0.1) is 24.7 Å². The molecule has 3 aromatic rings. The molecular weight excluding hydrogens is 501 g/mol. The van der Waals surface area contributed by atoms with Gasteiger partial charge in [-0.1, -0.05) is 41.9 Å². The van der Waals surface area contributed by atoms with Gasteiger partial charge >= 0.3 is 0 Å². The Morgan fingerprint density at radius 1 is 1.21 bits per heavy atom. The van der Waals surface area contributed by atoms with Gasteiger partial charge in [-0.2, -0.15) is 0 Å². The molecule has 9 heteroatoms. The number of aliphatic imine (C=N–C) groups is 1. The van der Waals surface area contributed by atoms with E-state index in [0.29, 0.717) is 19.6 Å². The van der Waals surface area contributed by atoms with Crippen molar-refractivity contribution in [3.8, 4) is 0 Å². The van der Waals surface area contributed by atoms with Crippen molar-refractivity contribution in [2.24, 2.45) is 19.1 Å². The van der Waals surface area contributed by atoms with Gasteiger partial charge in [0.2, 0.25) is 0 Å². The number of hydrogen-bond acceptors (Lipinski definition) is 3.